The Morgan fingerprint density at radius 1 is 1.45 bits per heavy atom. The van der Waals surface area contributed by atoms with Gasteiger partial charge in [0.1, 0.15) is 12.4 Å². The lowest BCUT2D eigenvalue weighted by molar-refractivity contribution is 0.210. The van der Waals surface area contributed by atoms with Crippen molar-refractivity contribution >= 4 is 12.2 Å². The van der Waals surface area contributed by atoms with Crippen molar-refractivity contribution in [3.05, 3.63) is 82.4 Å². The van der Waals surface area contributed by atoms with Gasteiger partial charge in [0.05, 0.1) is 6.04 Å². The van der Waals surface area contributed by atoms with Gasteiger partial charge in [-0.2, -0.15) is 0 Å². The second-order valence-electron chi connectivity index (χ2n) is 6.89. The van der Waals surface area contributed by atoms with Crippen LogP contribution in [0.5, 0.6) is 5.75 Å². The summed E-state index contributed by atoms with van der Waals surface area (Å²) < 4.78 is 35.7. The number of imidazole rings is 1. The van der Waals surface area contributed by atoms with Gasteiger partial charge in [0.15, 0.2) is 16.3 Å². The number of rotatable bonds is 8. The van der Waals surface area contributed by atoms with Gasteiger partial charge in [0.25, 0.3) is 0 Å². The van der Waals surface area contributed by atoms with Gasteiger partial charge in [-0.1, -0.05) is 30.9 Å². The summed E-state index contributed by atoms with van der Waals surface area (Å²) in [6.07, 6.45) is 10.8. The van der Waals surface area contributed by atoms with Crippen LogP contribution in [0.15, 0.2) is 54.8 Å². The first-order valence-corrected chi connectivity index (χ1v) is 9.98. The Balaban J connectivity index is 1.66. The molecule has 29 heavy (non-hydrogen) atoms. The SMILES string of the molecule is C=C/C=C\C(=C/C)CNCCc1c[nH]c(=S)n1C1COc2c(F)cc(F)cc2C1. The topological polar surface area (TPSA) is 42.0 Å². The van der Waals surface area contributed by atoms with Gasteiger partial charge in [-0.25, -0.2) is 8.78 Å². The van der Waals surface area contributed by atoms with Crippen LogP contribution in [0.4, 0.5) is 8.78 Å². The fourth-order valence-corrected chi connectivity index (χ4v) is 3.82. The number of allylic oxidation sites excluding steroid dienone is 3. The van der Waals surface area contributed by atoms with Crippen molar-refractivity contribution in [3.63, 3.8) is 0 Å². The maximum absolute atomic E-state index is 13.9. The predicted octanol–water partition coefficient (Wildman–Crippen LogP) is 4.82. The summed E-state index contributed by atoms with van der Waals surface area (Å²) in [5, 5.41) is 3.42. The molecule has 1 unspecified atom stereocenters. The lowest BCUT2D eigenvalue weighted by atomic mass is 10.0. The fraction of sp³-hybridized carbons (Fsp3) is 0.318. The number of hydrogen-bond acceptors (Lipinski definition) is 3. The average Bonchev–Trinajstić information content (AvgIpc) is 3.07. The highest BCUT2D eigenvalue weighted by Crippen LogP contribution is 2.33. The number of benzene rings is 1. The lowest BCUT2D eigenvalue weighted by Gasteiger charge is -2.28. The first kappa shape index (κ1) is 21.2. The van der Waals surface area contributed by atoms with Crippen LogP contribution in [0.25, 0.3) is 0 Å². The van der Waals surface area contributed by atoms with E-state index >= 15 is 0 Å². The molecule has 0 saturated heterocycles. The maximum Gasteiger partial charge on any atom is 0.177 e. The minimum atomic E-state index is -0.661. The molecule has 7 heteroatoms. The van der Waals surface area contributed by atoms with E-state index in [0.29, 0.717) is 16.8 Å². The molecule has 2 N–H and O–H groups in total. The highest BCUT2D eigenvalue weighted by atomic mass is 32.1. The van der Waals surface area contributed by atoms with E-state index in [9.17, 15) is 8.78 Å². The summed E-state index contributed by atoms with van der Waals surface area (Å²) in [5.74, 6) is -1.12. The van der Waals surface area contributed by atoms with E-state index in [2.05, 4.69) is 23.0 Å². The van der Waals surface area contributed by atoms with Crippen molar-refractivity contribution in [3.8, 4) is 5.75 Å². The molecule has 2 aromatic rings. The van der Waals surface area contributed by atoms with Gasteiger partial charge >= 0.3 is 0 Å². The van der Waals surface area contributed by atoms with Crippen molar-refractivity contribution in [2.24, 2.45) is 0 Å². The molecular formula is C22H25F2N3OS. The molecule has 0 spiro atoms. The van der Waals surface area contributed by atoms with Crippen molar-refractivity contribution in [1.29, 1.82) is 0 Å². The van der Waals surface area contributed by atoms with Crippen molar-refractivity contribution in [1.82, 2.24) is 14.9 Å². The standard InChI is InChI=1S/C22H25F2N3OS/c1-3-5-6-15(4-2)12-25-8-7-18-13-26-22(29)27(18)19-10-16-9-17(23)11-20(24)21(16)28-14-19/h3-6,9,11,13,19,25H,1,7-8,10,12,14H2,2H3,(H,26,29)/b6-5-,15-4+. The number of aromatic amines is 1. The summed E-state index contributed by atoms with van der Waals surface area (Å²) in [4.78, 5) is 3.08. The Kier molecular flexibility index (Phi) is 7.17. The Morgan fingerprint density at radius 2 is 2.28 bits per heavy atom. The van der Waals surface area contributed by atoms with Gasteiger partial charge in [-0.3, -0.25) is 0 Å². The van der Waals surface area contributed by atoms with Gasteiger partial charge in [-0.15, -0.1) is 0 Å². The third-order valence-corrected chi connectivity index (χ3v) is 5.24. The van der Waals surface area contributed by atoms with Crippen molar-refractivity contribution < 1.29 is 13.5 Å². The van der Waals surface area contributed by atoms with Gasteiger partial charge < -0.3 is 19.6 Å². The number of ether oxygens (including phenoxy) is 1. The minimum Gasteiger partial charge on any atom is -0.488 e. The number of fused-ring (bicyclic) bond motifs is 1. The molecule has 2 heterocycles. The molecule has 1 aromatic heterocycles. The van der Waals surface area contributed by atoms with E-state index in [4.69, 9.17) is 17.0 Å². The maximum atomic E-state index is 13.9. The van der Waals surface area contributed by atoms with Crippen LogP contribution in [0.3, 0.4) is 0 Å². The van der Waals surface area contributed by atoms with E-state index < -0.39 is 11.6 Å². The second kappa shape index (κ2) is 9.80. The Hall–Kier alpha value is -2.51. The largest absolute Gasteiger partial charge is 0.488 e. The Bertz CT molecular complexity index is 990. The van der Waals surface area contributed by atoms with Gasteiger partial charge in [-0.05, 0) is 30.8 Å². The number of nitrogens with one attached hydrogen (secondary N) is 2. The number of nitrogens with zero attached hydrogens (tertiary/aromatic N) is 1. The van der Waals surface area contributed by atoms with Crippen LogP contribution in [-0.2, 0) is 12.8 Å². The molecule has 0 radical (unpaired) electrons. The van der Waals surface area contributed by atoms with Crippen LogP contribution in [-0.4, -0.2) is 29.2 Å². The van der Waals surface area contributed by atoms with E-state index in [1.54, 1.807) is 6.08 Å². The molecule has 3 rings (SSSR count). The average molecular weight is 418 g/mol. The third-order valence-electron chi connectivity index (χ3n) is 4.92. The van der Waals surface area contributed by atoms with Crippen LogP contribution < -0.4 is 10.1 Å². The van der Waals surface area contributed by atoms with E-state index in [0.717, 1.165) is 31.3 Å². The number of halogens is 2. The monoisotopic (exact) mass is 417 g/mol. The summed E-state index contributed by atoms with van der Waals surface area (Å²) in [7, 11) is 0. The van der Waals surface area contributed by atoms with Crippen LogP contribution in [0.2, 0.25) is 0 Å². The summed E-state index contributed by atoms with van der Waals surface area (Å²) in [6, 6.07) is 2.07. The zero-order chi connectivity index (χ0) is 20.8. The highest BCUT2D eigenvalue weighted by molar-refractivity contribution is 7.71. The molecular weight excluding hydrogens is 392 g/mol. The quantitative estimate of drug-likeness (QED) is 0.368. The Labute approximate surface area is 174 Å². The molecule has 4 nitrogen and oxygen atoms in total. The molecule has 1 aliphatic rings. The van der Waals surface area contributed by atoms with Crippen molar-refractivity contribution in [2.45, 2.75) is 25.8 Å². The molecule has 0 amide bonds. The summed E-state index contributed by atoms with van der Waals surface area (Å²) in [6.45, 7) is 7.49. The molecule has 1 atom stereocenters. The van der Waals surface area contributed by atoms with Crippen LogP contribution in [0, 0.1) is 16.4 Å². The zero-order valence-electron chi connectivity index (χ0n) is 16.4. The lowest BCUT2D eigenvalue weighted by Crippen LogP contribution is -2.28. The van der Waals surface area contributed by atoms with E-state index in [1.165, 1.54) is 11.6 Å². The number of hydrogen-bond donors (Lipinski definition) is 2. The second-order valence-corrected chi connectivity index (χ2v) is 7.27. The first-order valence-electron chi connectivity index (χ1n) is 9.58. The van der Waals surface area contributed by atoms with Gasteiger partial charge in [0, 0.05) is 49.5 Å². The zero-order valence-corrected chi connectivity index (χ0v) is 17.2. The molecule has 0 aliphatic carbocycles. The molecule has 0 bridgehead atoms. The Morgan fingerprint density at radius 3 is 3.03 bits per heavy atom. The smallest absolute Gasteiger partial charge is 0.177 e. The summed E-state index contributed by atoms with van der Waals surface area (Å²) in [5.41, 5.74) is 2.73. The van der Waals surface area contributed by atoms with Crippen molar-refractivity contribution in [2.75, 3.05) is 19.7 Å². The third kappa shape index (κ3) is 5.10. The fourth-order valence-electron chi connectivity index (χ4n) is 3.49. The van der Waals surface area contributed by atoms with Crippen LogP contribution in [0.1, 0.15) is 24.2 Å². The molecule has 0 fully saturated rings. The van der Waals surface area contributed by atoms with E-state index in [1.807, 2.05) is 29.8 Å². The molecule has 0 saturated carbocycles. The molecule has 1 aromatic carbocycles. The normalized spacial score (nSPS) is 16.7. The van der Waals surface area contributed by atoms with Gasteiger partial charge in [0.2, 0.25) is 0 Å². The summed E-state index contributed by atoms with van der Waals surface area (Å²) >= 11 is 5.45. The minimum absolute atomic E-state index is 0.112. The first-order chi connectivity index (χ1) is 14.0. The number of aromatic nitrogens is 2. The van der Waals surface area contributed by atoms with E-state index in [-0.39, 0.29) is 18.4 Å². The molecule has 1 aliphatic heterocycles. The number of H-pyrrole nitrogens is 1. The predicted molar refractivity (Wildman–Crippen MR) is 114 cm³/mol. The molecule has 154 valence electrons. The van der Waals surface area contributed by atoms with Crippen LogP contribution >= 0.6 is 12.2 Å². The highest BCUT2D eigenvalue weighted by Gasteiger charge is 2.26.